The van der Waals surface area contributed by atoms with E-state index in [0.717, 1.165) is 30.1 Å². The molecule has 3 aliphatic heterocycles. The first kappa shape index (κ1) is 18.6. The van der Waals surface area contributed by atoms with E-state index in [1.165, 1.54) is 0 Å². The summed E-state index contributed by atoms with van der Waals surface area (Å²) >= 11 is 0. The minimum Gasteiger partial charge on any atom is -0.385 e. The molecule has 3 N–H and O–H groups in total. The molecule has 28 heavy (non-hydrogen) atoms. The fourth-order valence-corrected chi connectivity index (χ4v) is 3.76. The zero-order valence-corrected chi connectivity index (χ0v) is 15.3. The number of piperidine rings is 1. The molecule has 148 valence electrons. The molecular weight excluding hydrogens is 364 g/mol. The highest BCUT2D eigenvalue weighted by Crippen LogP contribution is 2.29. The number of carbonyl (C=O) groups excluding carboxylic acids is 4. The lowest BCUT2D eigenvalue weighted by Crippen LogP contribution is -2.54. The number of imide groups is 2. The van der Waals surface area contributed by atoms with Crippen LogP contribution in [0.15, 0.2) is 18.2 Å². The molecule has 4 rings (SSSR count). The Labute approximate surface area is 161 Å². The van der Waals surface area contributed by atoms with E-state index < -0.39 is 23.8 Å². The van der Waals surface area contributed by atoms with Crippen molar-refractivity contribution in [1.29, 1.82) is 0 Å². The van der Waals surface area contributed by atoms with Crippen molar-refractivity contribution in [2.45, 2.75) is 31.4 Å². The van der Waals surface area contributed by atoms with Gasteiger partial charge in [0.2, 0.25) is 11.8 Å². The van der Waals surface area contributed by atoms with Crippen LogP contribution in [0.2, 0.25) is 0 Å². The van der Waals surface area contributed by atoms with Crippen molar-refractivity contribution >= 4 is 29.3 Å². The van der Waals surface area contributed by atoms with Gasteiger partial charge in [-0.1, -0.05) is 0 Å². The van der Waals surface area contributed by atoms with Gasteiger partial charge in [0, 0.05) is 31.7 Å². The fraction of sp³-hybridized carbons (Fsp3) is 0.474. The highest BCUT2D eigenvalue weighted by atomic mass is 16.5. The van der Waals surface area contributed by atoms with E-state index in [1.54, 1.807) is 18.2 Å². The third-order valence-corrected chi connectivity index (χ3v) is 5.24. The Morgan fingerprint density at radius 2 is 1.96 bits per heavy atom. The molecule has 2 atom stereocenters. The van der Waals surface area contributed by atoms with Crippen molar-refractivity contribution in [3.63, 3.8) is 0 Å². The number of morpholine rings is 1. The van der Waals surface area contributed by atoms with Crippen molar-refractivity contribution in [1.82, 2.24) is 15.5 Å². The number of hydrogen-bond acceptors (Lipinski definition) is 7. The minimum absolute atomic E-state index is 0.106. The van der Waals surface area contributed by atoms with Crippen LogP contribution < -0.4 is 16.0 Å². The molecule has 0 saturated carbocycles. The van der Waals surface area contributed by atoms with E-state index >= 15 is 0 Å². The predicted octanol–water partition coefficient (Wildman–Crippen LogP) is -0.122. The highest BCUT2D eigenvalue weighted by molar-refractivity contribution is 6.23. The average molecular weight is 386 g/mol. The molecule has 4 amide bonds. The van der Waals surface area contributed by atoms with Crippen LogP contribution in [0, 0.1) is 0 Å². The van der Waals surface area contributed by atoms with Gasteiger partial charge in [0.1, 0.15) is 6.04 Å². The van der Waals surface area contributed by atoms with Crippen LogP contribution in [0.5, 0.6) is 0 Å². The van der Waals surface area contributed by atoms with Gasteiger partial charge < -0.3 is 15.4 Å². The lowest BCUT2D eigenvalue weighted by molar-refractivity contribution is -0.136. The largest absolute Gasteiger partial charge is 0.385 e. The van der Waals surface area contributed by atoms with E-state index in [-0.39, 0.29) is 36.0 Å². The Morgan fingerprint density at radius 3 is 2.71 bits per heavy atom. The maximum Gasteiger partial charge on any atom is 0.262 e. The fourth-order valence-electron chi connectivity index (χ4n) is 3.76. The maximum absolute atomic E-state index is 12.8. The van der Waals surface area contributed by atoms with Crippen molar-refractivity contribution in [3.05, 3.63) is 29.3 Å². The van der Waals surface area contributed by atoms with Crippen molar-refractivity contribution in [3.8, 4) is 0 Å². The quantitative estimate of drug-likeness (QED) is 0.604. The smallest absolute Gasteiger partial charge is 0.262 e. The van der Waals surface area contributed by atoms with Crippen LogP contribution in [0.1, 0.15) is 40.0 Å². The summed E-state index contributed by atoms with van der Waals surface area (Å²) in [5.74, 6) is -1.99. The van der Waals surface area contributed by atoms with Gasteiger partial charge in [-0.2, -0.15) is 0 Å². The van der Waals surface area contributed by atoms with Crippen LogP contribution in [0.25, 0.3) is 0 Å². The second kappa shape index (κ2) is 7.69. The molecule has 9 heteroatoms. The molecule has 1 aromatic carbocycles. The van der Waals surface area contributed by atoms with Gasteiger partial charge in [-0.25, -0.2) is 0 Å². The molecule has 0 bridgehead atoms. The first-order chi connectivity index (χ1) is 13.5. The predicted molar refractivity (Wildman–Crippen MR) is 98.8 cm³/mol. The molecular formula is C19H22N4O5. The molecule has 9 nitrogen and oxygen atoms in total. The molecule has 0 aliphatic carbocycles. The Bertz CT molecular complexity index is 834. The van der Waals surface area contributed by atoms with Crippen molar-refractivity contribution < 1.29 is 23.9 Å². The van der Waals surface area contributed by atoms with Gasteiger partial charge in [-0.05, 0) is 31.0 Å². The number of amides is 4. The van der Waals surface area contributed by atoms with E-state index in [4.69, 9.17) is 4.74 Å². The first-order valence-electron chi connectivity index (χ1n) is 9.46. The van der Waals surface area contributed by atoms with Gasteiger partial charge in [-0.15, -0.1) is 0 Å². The van der Waals surface area contributed by atoms with Gasteiger partial charge in [0.05, 0.1) is 23.8 Å². The van der Waals surface area contributed by atoms with Crippen LogP contribution in [-0.4, -0.2) is 66.9 Å². The SMILES string of the molecule is O=C1CCC(N2C(=O)c3ccc(NCCC4CNCCO4)cc3C2=O)C(=O)N1. The van der Waals surface area contributed by atoms with E-state index in [9.17, 15) is 19.2 Å². The lowest BCUT2D eigenvalue weighted by atomic mass is 10.0. The van der Waals surface area contributed by atoms with Crippen LogP contribution in [-0.2, 0) is 14.3 Å². The zero-order valence-electron chi connectivity index (χ0n) is 15.3. The number of ether oxygens (including phenoxy) is 1. The molecule has 1 aromatic rings. The normalized spacial score (nSPS) is 24.9. The van der Waals surface area contributed by atoms with E-state index in [0.29, 0.717) is 13.2 Å². The third kappa shape index (κ3) is 3.50. The van der Waals surface area contributed by atoms with Crippen LogP contribution in [0.3, 0.4) is 0 Å². The number of benzene rings is 1. The second-order valence-corrected chi connectivity index (χ2v) is 7.12. The molecule has 3 aliphatic rings. The molecule has 0 spiro atoms. The number of nitrogens with one attached hydrogen (secondary N) is 3. The molecule has 2 saturated heterocycles. The summed E-state index contributed by atoms with van der Waals surface area (Å²) in [6.07, 6.45) is 1.23. The molecule has 2 fully saturated rings. The Kier molecular flexibility index (Phi) is 5.10. The van der Waals surface area contributed by atoms with Crippen LogP contribution >= 0.6 is 0 Å². The minimum atomic E-state index is -0.947. The maximum atomic E-state index is 12.8. The number of carbonyl (C=O) groups is 4. The summed E-state index contributed by atoms with van der Waals surface area (Å²) in [7, 11) is 0. The third-order valence-electron chi connectivity index (χ3n) is 5.24. The standard InChI is InChI=1S/C19H22N4O5/c24-16-4-3-15(17(25)22-16)23-18(26)13-2-1-11(9-14(13)19(23)27)21-6-5-12-10-20-7-8-28-12/h1-2,9,12,15,20-21H,3-8,10H2,(H,22,24,25). The summed E-state index contributed by atoms with van der Waals surface area (Å²) in [6, 6.07) is 4.04. The summed E-state index contributed by atoms with van der Waals surface area (Å²) in [5, 5.41) is 8.72. The molecule has 3 heterocycles. The molecule has 2 unspecified atom stereocenters. The lowest BCUT2D eigenvalue weighted by Gasteiger charge is -2.27. The van der Waals surface area contributed by atoms with Gasteiger partial charge in [-0.3, -0.25) is 29.4 Å². The zero-order chi connectivity index (χ0) is 19.7. The van der Waals surface area contributed by atoms with E-state index in [1.807, 2.05) is 0 Å². The Morgan fingerprint density at radius 1 is 1.14 bits per heavy atom. The van der Waals surface area contributed by atoms with Gasteiger partial charge >= 0.3 is 0 Å². The number of nitrogens with zero attached hydrogens (tertiary/aromatic N) is 1. The van der Waals surface area contributed by atoms with Crippen molar-refractivity contribution in [2.24, 2.45) is 0 Å². The molecule has 0 radical (unpaired) electrons. The highest BCUT2D eigenvalue weighted by Gasteiger charge is 2.44. The van der Waals surface area contributed by atoms with Crippen molar-refractivity contribution in [2.75, 3.05) is 31.6 Å². The summed E-state index contributed by atoms with van der Waals surface area (Å²) in [5.41, 5.74) is 1.28. The van der Waals surface area contributed by atoms with E-state index in [2.05, 4.69) is 16.0 Å². The number of hydrogen-bond donors (Lipinski definition) is 3. The first-order valence-corrected chi connectivity index (χ1v) is 9.46. The Balaban J connectivity index is 1.43. The second-order valence-electron chi connectivity index (χ2n) is 7.12. The summed E-state index contributed by atoms with van der Waals surface area (Å²) < 4.78 is 5.65. The van der Waals surface area contributed by atoms with Crippen LogP contribution in [0.4, 0.5) is 5.69 Å². The number of fused-ring (bicyclic) bond motifs is 1. The van der Waals surface area contributed by atoms with Gasteiger partial charge in [0.25, 0.3) is 11.8 Å². The monoisotopic (exact) mass is 386 g/mol. The average Bonchev–Trinajstić information content (AvgIpc) is 2.93. The van der Waals surface area contributed by atoms with Gasteiger partial charge in [0.15, 0.2) is 0 Å². The number of anilines is 1. The summed E-state index contributed by atoms with van der Waals surface area (Å²) in [6.45, 7) is 3.06. The topological polar surface area (TPSA) is 117 Å². The number of rotatable bonds is 5. The molecule has 0 aromatic heterocycles. The summed E-state index contributed by atoms with van der Waals surface area (Å²) in [4.78, 5) is 49.8. The Hall–Kier alpha value is -2.78.